The minimum absolute atomic E-state index is 1.23. The molecule has 0 aliphatic heterocycles. The molecule has 8 rings (SSSR count). The lowest BCUT2D eigenvalue weighted by Crippen LogP contribution is -1.85. The van der Waals surface area contributed by atoms with E-state index < -0.39 is 0 Å². The molecular weight excluding hydrogens is 480 g/mol. The minimum atomic E-state index is 1.23. The fourth-order valence-electron chi connectivity index (χ4n) is 6.12. The second-order valence-electron chi connectivity index (χ2n) is 10.6. The van der Waals surface area contributed by atoms with Crippen LogP contribution in [0.25, 0.3) is 76.5 Å². The molecule has 0 heterocycles. The van der Waals surface area contributed by atoms with Gasteiger partial charge in [-0.2, -0.15) is 0 Å². The molecule has 8 aromatic carbocycles. The Morgan fingerprint density at radius 1 is 0.225 bits per heavy atom. The molecule has 0 aliphatic carbocycles. The Morgan fingerprint density at radius 2 is 0.700 bits per heavy atom. The largest absolute Gasteiger partial charge is 0.0616 e. The molecule has 0 heteroatoms. The highest BCUT2D eigenvalue weighted by atomic mass is 14.1. The zero-order valence-corrected chi connectivity index (χ0v) is 22.0. The van der Waals surface area contributed by atoms with Crippen molar-refractivity contribution in [3.63, 3.8) is 0 Å². The summed E-state index contributed by atoms with van der Waals surface area (Å²) in [5, 5.41) is 10.2. The molecule has 0 nitrogen and oxygen atoms in total. The van der Waals surface area contributed by atoms with Gasteiger partial charge in [0.05, 0.1) is 0 Å². The summed E-state index contributed by atoms with van der Waals surface area (Å²) in [5.41, 5.74) is 7.50. The topological polar surface area (TPSA) is 0 Å². The number of hydrogen-bond acceptors (Lipinski definition) is 0. The summed E-state index contributed by atoms with van der Waals surface area (Å²) >= 11 is 0. The van der Waals surface area contributed by atoms with E-state index in [4.69, 9.17) is 0 Å². The van der Waals surface area contributed by atoms with Gasteiger partial charge in [-0.25, -0.2) is 0 Å². The van der Waals surface area contributed by atoms with Gasteiger partial charge < -0.3 is 0 Å². The van der Waals surface area contributed by atoms with Crippen LogP contribution in [-0.2, 0) is 0 Å². The Hall–Kier alpha value is -5.20. The average molecular weight is 507 g/mol. The highest BCUT2D eigenvalue weighted by Gasteiger charge is 2.08. The molecule has 0 fully saturated rings. The highest BCUT2D eigenvalue weighted by Crippen LogP contribution is 2.34. The van der Waals surface area contributed by atoms with Crippen LogP contribution in [0.1, 0.15) is 0 Å². The molecule has 0 amide bonds. The van der Waals surface area contributed by atoms with Crippen molar-refractivity contribution in [1.29, 1.82) is 0 Å². The maximum atomic E-state index is 2.32. The fraction of sp³-hybridized carbons (Fsp3) is 0. The monoisotopic (exact) mass is 506 g/mol. The first-order valence-electron chi connectivity index (χ1n) is 13.8. The molecule has 0 saturated carbocycles. The van der Waals surface area contributed by atoms with Crippen LogP contribution < -0.4 is 0 Å². The molecule has 0 aliphatic rings. The van der Waals surface area contributed by atoms with Crippen molar-refractivity contribution >= 4 is 43.1 Å². The molecule has 0 bridgehead atoms. The predicted molar refractivity (Wildman–Crippen MR) is 173 cm³/mol. The summed E-state index contributed by atoms with van der Waals surface area (Å²) in [4.78, 5) is 0. The van der Waals surface area contributed by atoms with Crippen LogP contribution in [0.3, 0.4) is 0 Å². The maximum Gasteiger partial charge on any atom is -0.0105 e. The zero-order chi connectivity index (χ0) is 26.5. The van der Waals surface area contributed by atoms with Gasteiger partial charge in [0.15, 0.2) is 0 Å². The van der Waals surface area contributed by atoms with Crippen molar-refractivity contribution in [2.45, 2.75) is 0 Å². The standard InChI is InChI=1S/C40H26/c1-2-8-31-24-33(17-14-27(31)6-1)34-21-23-40-36(26-34)19-18-35-25-32(20-22-39(35)40)28-12-15-30(16-13-28)38-11-5-9-29-7-3-4-10-37(29)38/h1-26H. The number of benzene rings is 8. The summed E-state index contributed by atoms with van der Waals surface area (Å²) < 4.78 is 0. The first-order valence-corrected chi connectivity index (χ1v) is 13.8. The molecule has 0 radical (unpaired) electrons. The van der Waals surface area contributed by atoms with E-state index >= 15 is 0 Å². The highest BCUT2D eigenvalue weighted by molar-refractivity contribution is 6.09. The molecule has 0 aromatic heterocycles. The molecule has 0 saturated heterocycles. The smallest absolute Gasteiger partial charge is 0.0105 e. The van der Waals surface area contributed by atoms with Crippen LogP contribution in [-0.4, -0.2) is 0 Å². The zero-order valence-electron chi connectivity index (χ0n) is 22.0. The van der Waals surface area contributed by atoms with Gasteiger partial charge in [-0.1, -0.05) is 140 Å². The van der Waals surface area contributed by atoms with Crippen molar-refractivity contribution < 1.29 is 0 Å². The van der Waals surface area contributed by atoms with Gasteiger partial charge in [-0.3, -0.25) is 0 Å². The van der Waals surface area contributed by atoms with E-state index in [2.05, 4.69) is 158 Å². The Balaban J connectivity index is 1.14. The second kappa shape index (κ2) is 9.22. The Labute approximate surface area is 233 Å². The summed E-state index contributed by atoms with van der Waals surface area (Å²) in [6.07, 6.45) is 0. The van der Waals surface area contributed by atoms with Gasteiger partial charge in [-0.05, 0) is 94.7 Å². The Morgan fingerprint density at radius 3 is 1.43 bits per heavy atom. The second-order valence-corrected chi connectivity index (χ2v) is 10.6. The van der Waals surface area contributed by atoms with E-state index in [0.29, 0.717) is 0 Å². The van der Waals surface area contributed by atoms with Crippen molar-refractivity contribution in [3.8, 4) is 33.4 Å². The summed E-state index contributed by atoms with van der Waals surface area (Å²) in [6, 6.07) is 57.6. The third kappa shape index (κ3) is 3.85. The minimum Gasteiger partial charge on any atom is -0.0616 e. The molecule has 8 aromatic rings. The fourth-order valence-corrected chi connectivity index (χ4v) is 6.12. The van der Waals surface area contributed by atoms with Crippen LogP contribution in [0.2, 0.25) is 0 Å². The van der Waals surface area contributed by atoms with Gasteiger partial charge >= 0.3 is 0 Å². The molecule has 0 N–H and O–H groups in total. The van der Waals surface area contributed by atoms with Crippen LogP contribution >= 0.6 is 0 Å². The van der Waals surface area contributed by atoms with E-state index in [1.54, 1.807) is 0 Å². The van der Waals surface area contributed by atoms with Crippen molar-refractivity contribution in [1.82, 2.24) is 0 Å². The van der Waals surface area contributed by atoms with Crippen LogP contribution in [0, 0.1) is 0 Å². The molecule has 0 atom stereocenters. The molecule has 186 valence electrons. The van der Waals surface area contributed by atoms with Crippen LogP contribution in [0.4, 0.5) is 0 Å². The summed E-state index contributed by atoms with van der Waals surface area (Å²) in [5.74, 6) is 0. The first-order chi connectivity index (χ1) is 19.8. The molecule has 0 unspecified atom stereocenters. The Kier molecular flexibility index (Phi) is 5.24. The number of fused-ring (bicyclic) bond motifs is 5. The Bertz CT molecular complexity index is 2190. The first kappa shape index (κ1) is 22.8. The maximum absolute atomic E-state index is 2.32. The SMILES string of the molecule is c1ccc2cc(-c3ccc4c(ccc5cc(-c6ccc(-c7cccc8ccccc78)cc6)ccc54)c3)ccc2c1. The van der Waals surface area contributed by atoms with Crippen molar-refractivity contribution in [2.75, 3.05) is 0 Å². The molecular formula is C40H26. The predicted octanol–water partition coefficient (Wildman–Crippen LogP) is 11.3. The lowest BCUT2D eigenvalue weighted by atomic mass is 9.93. The van der Waals surface area contributed by atoms with E-state index in [9.17, 15) is 0 Å². The molecule has 40 heavy (non-hydrogen) atoms. The van der Waals surface area contributed by atoms with Crippen molar-refractivity contribution in [2.24, 2.45) is 0 Å². The van der Waals surface area contributed by atoms with E-state index in [0.717, 1.165) is 0 Å². The third-order valence-corrected chi connectivity index (χ3v) is 8.24. The van der Waals surface area contributed by atoms with Crippen molar-refractivity contribution in [3.05, 3.63) is 158 Å². The lowest BCUT2D eigenvalue weighted by Gasteiger charge is -2.11. The van der Waals surface area contributed by atoms with E-state index in [1.807, 2.05) is 0 Å². The van der Waals surface area contributed by atoms with Gasteiger partial charge in [0, 0.05) is 0 Å². The van der Waals surface area contributed by atoms with Gasteiger partial charge in [0.25, 0.3) is 0 Å². The summed E-state index contributed by atoms with van der Waals surface area (Å²) in [7, 11) is 0. The quantitative estimate of drug-likeness (QED) is 0.209. The number of rotatable bonds is 3. The summed E-state index contributed by atoms with van der Waals surface area (Å²) in [6.45, 7) is 0. The average Bonchev–Trinajstić information content (AvgIpc) is 3.03. The van der Waals surface area contributed by atoms with Gasteiger partial charge in [-0.15, -0.1) is 0 Å². The lowest BCUT2D eigenvalue weighted by molar-refractivity contribution is 1.62. The number of hydrogen-bond donors (Lipinski definition) is 0. The molecule has 0 spiro atoms. The van der Waals surface area contributed by atoms with E-state index in [1.165, 1.54) is 76.5 Å². The third-order valence-electron chi connectivity index (χ3n) is 8.24. The van der Waals surface area contributed by atoms with Crippen LogP contribution in [0.5, 0.6) is 0 Å². The van der Waals surface area contributed by atoms with Crippen LogP contribution in [0.15, 0.2) is 158 Å². The van der Waals surface area contributed by atoms with Gasteiger partial charge in [0.1, 0.15) is 0 Å². The normalized spacial score (nSPS) is 11.5. The van der Waals surface area contributed by atoms with Gasteiger partial charge in [0.2, 0.25) is 0 Å². The van der Waals surface area contributed by atoms with E-state index in [-0.39, 0.29) is 0 Å².